The Morgan fingerprint density at radius 1 is 1.19 bits per heavy atom. The van der Waals surface area contributed by atoms with E-state index >= 15 is 0 Å². The fourth-order valence-corrected chi connectivity index (χ4v) is 1.73. The number of non-ortho nitro benzene ring substituents is 1. The number of amides is 1. The van der Waals surface area contributed by atoms with Crippen molar-refractivity contribution in [3.8, 4) is 0 Å². The van der Waals surface area contributed by atoms with Gasteiger partial charge in [0.1, 0.15) is 0 Å². The number of hydrogen-bond acceptors (Lipinski definition) is 3. The van der Waals surface area contributed by atoms with Gasteiger partial charge < -0.3 is 5.32 Å². The zero-order chi connectivity index (χ0) is 15.2. The normalized spacial score (nSPS) is 10.5. The molecule has 2 aromatic carbocycles. The van der Waals surface area contributed by atoms with Gasteiger partial charge in [-0.3, -0.25) is 14.9 Å². The largest absolute Gasteiger partial charge is 0.323 e. The van der Waals surface area contributed by atoms with E-state index in [9.17, 15) is 14.9 Å². The highest BCUT2D eigenvalue weighted by Crippen LogP contribution is 2.14. The van der Waals surface area contributed by atoms with Gasteiger partial charge in [-0.25, -0.2) is 0 Å². The molecule has 2 aromatic rings. The van der Waals surface area contributed by atoms with Crippen LogP contribution < -0.4 is 5.32 Å². The number of nitrogens with one attached hydrogen (secondary N) is 1. The first kappa shape index (κ1) is 14.5. The zero-order valence-corrected chi connectivity index (χ0v) is 11.4. The molecule has 21 heavy (non-hydrogen) atoms. The second-order valence-electron chi connectivity index (χ2n) is 4.54. The lowest BCUT2D eigenvalue weighted by molar-refractivity contribution is -0.384. The Bertz CT molecular complexity index is 691. The molecule has 0 saturated carbocycles. The average molecular weight is 282 g/mol. The molecule has 0 aliphatic heterocycles. The molecule has 0 aliphatic rings. The van der Waals surface area contributed by atoms with Gasteiger partial charge in [0.2, 0.25) is 5.91 Å². The lowest BCUT2D eigenvalue weighted by Crippen LogP contribution is -2.07. The number of nitro groups is 1. The molecular formula is C16H14N2O3. The summed E-state index contributed by atoms with van der Waals surface area (Å²) in [6, 6.07) is 13.5. The van der Waals surface area contributed by atoms with Crippen LogP contribution in [-0.2, 0) is 4.79 Å². The van der Waals surface area contributed by atoms with E-state index in [1.54, 1.807) is 12.1 Å². The molecule has 0 unspecified atom stereocenters. The third kappa shape index (κ3) is 4.28. The molecule has 0 saturated heterocycles. The molecule has 0 atom stereocenters. The van der Waals surface area contributed by atoms with Crippen LogP contribution in [0.2, 0.25) is 0 Å². The maximum absolute atomic E-state index is 11.8. The van der Waals surface area contributed by atoms with E-state index in [1.165, 1.54) is 24.3 Å². The summed E-state index contributed by atoms with van der Waals surface area (Å²) >= 11 is 0. The van der Waals surface area contributed by atoms with E-state index in [4.69, 9.17) is 0 Å². The predicted molar refractivity (Wildman–Crippen MR) is 81.9 cm³/mol. The lowest BCUT2D eigenvalue weighted by Gasteiger charge is -2.02. The Morgan fingerprint density at radius 2 is 1.90 bits per heavy atom. The van der Waals surface area contributed by atoms with Crippen molar-refractivity contribution >= 4 is 23.4 Å². The molecule has 0 radical (unpaired) electrons. The first-order chi connectivity index (χ1) is 10.0. The molecule has 5 nitrogen and oxygen atoms in total. The number of benzene rings is 2. The van der Waals surface area contributed by atoms with Crippen LogP contribution in [0.25, 0.3) is 6.08 Å². The maximum Gasteiger partial charge on any atom is 0.270 e. The molecule has 1 amide bonds. The molecular weight excluding hydrogens is 268 g/mol. The second kappa shape index (κ2) is 6.47. The topological polar surface area (TPSA) is 72.2 Å². The minimum Gasteiger partial charge on any atom is -0.323 e. The fourth-order valence-electron chi connectivity index (χ4n) is 1.73. The van der Waals surface area contributed by atoms with Crippen molar-refractivity contribution in [2.24, 2.45) is 0 Å². The Morgan fingerprint density at radius 3 is 2.57 bits per heavy atom. The molecule has 106 valence electrons. The van der Waals surface area contributed by atoms with E-state index < -0.39 is 4.92 Å². The third-order valence-corrected chi connectivity index (χ3v) is 2.83. The van der Waals surface area contributed by atoms with Crippen molar-refractivity contribution in [2.75, 3.05) is 5.32 Å². The highest BCUT2D eigenvalue weighted by molar-refractivity contribution is 6.01. The van der Waals surface area contributed by atoms with Gasteiger partial charge in [-0.05, 0) is 30.7 Å². The highest BCUT2D eigenvalue weighted by Gasteiger charge is 2.04. The Hall–Kier alpha value is -2.95. The Labute approximate surface area is 122 Å². The summed E-state index contributed by atoms with van der Waals surface area (Å²) in [5, 5.41) is 13.4. The number of nitro benzene ring substituents is 1. The highest BCUT2D eigenvalue weighted by atomic mass is 16.6. The average Bonchev–Trinajstić information content (AvgIpc) is 2.48. The quantitative estimate of drug-likeness (QED) is 0.529. The van der Waals surface area contributed by atoms with Gasteiger partial charge in [-0.2, -0.15) is 0 Å². The van der Waals surface area contributed by atoms with Crippen molar-refractivity contribution in [1.82, 2.24) is 0 Å². The van der Waals surface area contributed by atoms with Crippen LogP contribution in [-0.4, -0.2) is 10.8 Å². The number of nitrogens with zero attached hydrogens (tertiary/aromatic N) is 1. The van der Waals surface area contributed by atoms with Crippen molar-refractivity contribution in [1.29, 1.82) is 0 Å². The molecule has 0 spiro atoms. The van der Waals surface area contributed by atoms with Gasteiger partial charge >= 0.3 is 0 Å². The van der Waals surface area contributed by atoms with Crippen LogP contribution in [0.5, 0.6) is 0 Å². The van der Waals surface area contributed by atoms with Crippen LogP contribution in [0.3, 0.4) is 0 Å². The third-order valence-electron chi connectivity index (χ3n) is 2.83. The van der Waals surface area contributed by atoms with Gasteiger partial charge in [0.05, 0.1) is 4.92 Å². The molecule has 0 aromatic heterocycles. The summed E-state index contributed by atoms with van der Waals surface area (Å²) in [7, 11) is 0. The standard InChI is InChI=1S/C16H14N2O3/c1-12-5-8-14(9-6-12)17-16(19)10-7-13-3-2-4-15(11-13)18(20)21/h2-11H,1H3,(H,17,19). The number of carbonyl (C=O) groups excluding carboxylic acids is 1. The molecule has 0 bridgehead atoms. The van der Waals surface area contributed by atoms with Gasteiger partial charge in [-0.1, -0.05) is 29.8 Å². The molecule has 2 rings (SSSR count). The van der Waals surface area contributed by atoms with Crippen LogP contribution in [0.15, 0.2) is 54.6 Å². The van der Waals surface area contributed by atoms with Crippen LogP contribution in [0.1, 0.15) is 11.1 Å². The molecule has 0 fully saturated rings. The smallest absolute Gasteiger partial charge is 0.270 e. The number of anilines is 1. The van der Waals surface area contributed by atoms with Gasteiger partial charge in [-0.15, -0.1) is 0 Å². The van der Waals surface area contributed by atoms with E-state index in [0.29, 0.717) is 11.3 Å². The number of aryl methyl sites for hydroxylation is 1. The minimum atomic E-state index is -0.469. The first-order valence-electron chi connectivity index (χ1n) is 6.35. The predicted octanol–water partition coefficient (Wildman–Crippen LogP) is 3.56. The molecule has 1 N–H and O–H groups in total. The first-order valence-corrected chi connectivity index (χ1v) is 6.35. The van der Waals surface area contributed by atoms with E-state index in [0.717, 1.165) is 5.56 Å². The SMILES string of the molecule is Cc1ccc(NC(=O)C=Cc2cccc([N+](=O)[O-])c2)cc1. The van der Waals surface area contributed by atoms with Crippen molar-refractivity contribution in [3.05, 3.63) is 75.8 Å². The minimum absolute atomic E-state index is 0.00362. The van der Waals surface area contributed by atoms with E-state index in [-0.39, 0.29) is 11.6 Å². The van der Waals surface area contributed by atoms with Gasteiger partial charge in [0, 0.05) is 23.9 Å². The van der Waals surface area contributed by atoms with Gasteiger partial charge in [0.15, 0.2) is 0 Å². The molecule has 0 heterocycles. The van der Waals surface area contributed by atoms with Crippen molar-refractivity contribution in [3.63, 3.8) is 0 Å². The summed E-state index contributed by atoms with van der Waals surface area (Å²) in [5.74, 6) is -0.287. The van der Waals surface area contributed by atoms with Crippen LogP contribution in [0.4, 0.5) is 11.4 Å². The van der Waals surface area contributed by atoms with Crippen LogP contribution >= 0.6 is 0 Å². The Kier molecular flexibility index (Phi) is 4.46. The zero-order valence-electron chi connectivity index (χ0n) is 11.4. The molecule has 5 heteroatoms. The number of carbonyl (C=O) groups is 1. The Balaban J connectivity index is 2.03. The lowest BCUT2D eigenvalue weighted by atomic mass is 10.2. The molecule has 0 aliphatic carbocycles. The van der Waals surface area contributed by atoms with Crippen molar-refractivity contribution < 1.29 is 9.72 Å². The number of rotatable bonds is 4. The van der Waals surface area contributed by atoms with Crippen molar-refractivity contribution in [2.45, 2.75) is 6.92 Å². The summed E-state index contributed by atoms with van der Waals surface area (Å²) in [4.78, 5) is 22.0. The number of hydrogen-bond donors (Lipinski definition) is 1. The summed E-state index contributed by atoms with van der Waals surface area (Å²) in [6.07, 6.45) is 2.88. The maximum atomic E-state index is 11.8. The summed E-state index contributed by atoms with van der Waals surface area (Å²) in [6.45, 7) is 1.97. The van der Waals surface area contributed by atoms with Crippen LogP contribution in [0, 0.1) is 17.0 Å². The van der Waals surface area contributed by atoms with E-state index in [1.807, 2.05) is 31.2 Å². The summed E-state index contributed by atoms with van der Waals surface area (Å²) in [5.41, 5.74) is 2.41. The van der Waals surface area contributed by atoms with Gasteiger partial charge in [0.25, 0.3) is 5.69 Å². The summed E-state index contributed by atoms with van der Waals surface area (Å²) < 4.78 is 0. The second-order valence-corrected chi connectivity index (χ2v) is 4.54. The fraction of sp³-hybridized carbons (Fsp3) is 0.0625. The monoisotopic (exact) mass is 282 g/mol. The van der Waals surface area contributed by atoms with E-state index in [2.05, 4.69) is 5.32 Å².